The van der Waals surface area contributed by atoms with Gasteiger partial charge < -0.3 is 5.32 Å². The second-order valence-corrected chi connectivity index (χ2v) is 4.24. The molecule has 0 amide bonds. The number of hydrogen-bond acceptors (Lipinski definition) is 4. The number of hydrogen-bond donors (Lipinski definition) is 1. The first-order valence-electron chi connectivity index (χ1n) is 6.29. The number of fused-ring (bicyclic) bond motifs is 1. The van der Waals surface area contributed by atoms with E-state index in [9.17, 15) is 0 Å². The molecule has 0 bridgehead atoms. The van der Waals surface area contributed by atoms with Gasteiger partial charge in [0.15, 0.2) is 0 Å². The highest BCUT2D eigenvalue weighted by Crippen LogP contribution is 2.26. The summed E-state index contributed by atoms with van der Waals surface area (Å²) >= 11 is 0. The summed E-state index contributed by atoms with van der Waals surface area (Å²) in [6.45, 7) is 2.87. The number of benzene rings is 1. The first-order chi connectivity index (χ1) is 9.38. The van der Waals surface area contributed by atoms with Crippen molar-refractivity contribution in [2.24, 2.45) is 0 Å². The van der Waals surface area contributed by atoms with Crippen LogP contribution in [0.3, 0.4) is 0 Å². The fourth-order valence-electron chi connectivity index (χ4n) is 2.09. The summed E-state index contributed by atoms with van der Waals surface area (Å²) in [7, 11) is 0. The zero-order valence-corrected chi connectivity index (χ0v) is 10.7. The van der Waals surface area contributed by atoms with E-state index in [0.29, 0.717) is 0 Å². The summed E-state index contributed by atoms with van der Waals surface area (Å²) in [6.07, 6.45) is 3.66. The van der Waals surface area contributed by atoms with Crippen LogP contribution in [-0.2, 0) is 0 Å². The summed E-state index contributed by atoms with van der Waals surface area (Å²) in [5.74, 6) is 0.796. The van der Waals surface area contributed by atoms with Gasteiger partial charge in [-0.3, -0.25) is 4.98 Å². The molecule has 94 valence electrons. The average Bonchev–Trinajstić information content (AvgIpc) is 2.48. The highest BCUT2D eigenvalue weighted by atomic mass is 15.2. The molecule has 19 heavy (non-hydrogen) atoms. The van der Waals surface area contributed by atoms with Crippen LogP contribution in [0.4, 0.5) is 5.82 Å². The highest BCUT2D eigenvalue weighted by molar-refractivity contribution is 5.95. The third-order valence-corrected chi connectivity index (χ3v) is 2.98. The monoisotopic (exact) mass is 250 g/mol. The molecule has 0 saturated heterocycles. The van der Waals surface area contributed by atoms with Crippen LogP contribution in [0.1, 0.15) is 6.92 Å². The lowest BCUT2D eigenvalue weighted by atomic mass is 10.0. The van der Waals surface area contributed by atoms with Crippen LogP contribution in [0.15, 0.2) is 48.8 Å². The molecule has 0 unspecified atom stereocenters. The number of anilines is 1. The van der Waals surface area contributed by atoms with Crippen molar-refractivity contribution in [3.8, 4) is 11.3 Å². The molecule has 0 fully saturated rings. The van der Waals surface area contributed by atoms with E-state index in [0.717, 1.165) is 34.4 Å². The Morgan fingerprint density at radius 2 is 2.00 bits per heavy atom. The van der Waals surface area contributed by atoms with E-state index >= 15 is 0 Å². The molecule has 0 aliphatic carbocycles. The van der Waals surface area contributed by atoms with Gasteiger partial charge in [-0.2, -0.15) is 0 Å². The molecule has 0 atom stereocenters. The number of rotatable bonds is 3. The van der Waals surface area contributed by atoms with E-state index in [-0.39, 0.29) is 0 Å². The molecule has 0 spiro atoms. The maximum Gasteiger partial charge on any atom is 0.148 e. The average molecular weight is 250 g/mol. The van der Waals surface area contributed by atoms with Crippen molar-refractivity contribution in [3.63, 3.8) is 0 Å². The number of nitrogens with one attached hydrogen (secondary N) is 1. The van der Waals surface area contributed by atoms with Crippen molar-refractivity contribution in [1.29, 1.82) is 0 Å². The molecular weight excluding hydrogens is 236 g/mol. The van der Waals surface area contributed by atoms with E-state index in [4.69, 9.17) is 0 Å². The molecule has 3 aromatic rings. The molecule has 0 radical (unpaired) electrons. The second-order valence-electron chi connectivity index (χ2n) is 4.24. The Hall–Kier alpha value is -2.49. The summed E-state index contributed by atoms with van der Waals surface area (Å²) in [6, 6.07) is 12.1. The van der Waals surface area contributed by atoms with Crippen LogP contribution in [0, 0.1) is 0 Å². The standard InChI is InChI=1S/C15H14N4/c1-2-17-15-7-6-14(18-19-15)12-5-3-4-11-8-9-16-10-13(11)12/h3-10H,2H2,1H3,(H,17,19). The van der Waals surface area contributed by atoms with Crippen molar-refractivity contribution in [1.82, 2.24) is 15.2 Å². The zero-order chi connectivity index (χ0) is 13.1. The smallest absolute Gasteiger partial charge is 0.148 e. The van der Waals surface area contributed by atoms with Crippen molar-refractivity contribution in [2.45, 2.75) is 6.92 Å². The lowest BCUT2D eigenvalue weighted by molar-refractivity contribution is 1.02. The van der Waals surface area contributed by atoms with Gasteiger partial charge >= 0.3 is 0 Å². The lowest BCUT2D eigenvalue weighted by Crippen LogP contribution is -2.00. The van der Waals surface area contributed by atoms with Gasteiger partial charge in [0.2, 0.25) is 0 Å². The third-order valence-electron chi connectivity index (χ3n) is 2.98. The Morgan fingerprint density at radius 3 is 2.79 bits per heavy atom. The topological polar surface area (TPSA) is 50.7 Å². The SMILES string of the molecule is CCNc1ccc(-c2cccc3ccncc23)nn1. The van der Waals surface area contributed by atoms with E-state index < -0.39 is 0 Å². The molecule has 0 aliphatic rings. The van der Waals surface area contributed by atoms with Gasteiger partial charge in [0, 0.05) is 29.9 Å². The van der Waals surface area contributed by atoms with Crippen LogP contribution in [0.5, 0.6) is 0 Å². The number of nitrogens with zero attached hydrogens (tertiary/aromatic N) is 3. The minimum absolute atomic E-state index is 0.796. The van der Waals surface area contributed by atoms with Gasteiger partial charge in [0.05, 0.1) is 5.69 Å². The third kappa shape index (κ3) is 2.25. The van der Waals surface area contributed by atoms with Crippen LogP contribution in [-0.4, -0.2) is 21.7 Å². The Balaban J connectivity index is 2.08. The fraction of sp³-hybridized carbons (Fsp3) is 0.133. The van der Waals surface area contributed by atoms with Gasteiger partial charge in [0.25, 0.3) is 0 Å². The summed E-state index contributed by atoms with van der Waals surface area (Å²) < 4.78 is 0. The van der Waals surface area contributed by atoms with Crippen LogP contribution >= 0.6 is 0 Å². The molecule has 3 rings (SSSR count). The molecule has 0 aliphatic heterocycles. The van der Waals surface area contributed by atoms with E-state index in [1.54, 1.807) is 6.20 Å². The predicted molar refractivity (Wildman–Crippen MR) is 76.9 cm³/mol. The maximum atomic E-state index is 4.28. The molecule has 2 aromatic heterocycles. The normalized spacial score (nSPS) is 10.6. The van der Waals surface area contributed by atoms with Crippen LogP contribution in [0.2, 0.25) is 0 Å². The quantitative estimate of drug-likeness (QED) is 0.776. The molecular formula is C15H14N4. The van der Waals surface area contributed by atoms with E-state index in [2.05, 4.69) is 26.6 Å². The van der Waals surface area contributed by atoms with Crippen molar-refractivity contribution >= 4 is 16.6 Å². The largest absolute Gasteiger partial charge is 0.369 e. The van der Waals surface area contributed by atoms with Gasteiger partial charge in [-0.1, -0.05) is 18.2 Å². The van der Waals surface area contributed by atoms with E-state index in [1.165, 1.54) is 0 Å². The summed E-state index contributed by atoms with van der Waals surface area (Å²) in [5, 5.41) is 13.8. The molecule has 0 saturated carbocycles. The Morgan fingerprint density at radius 1 is 1.05 bits per heavy atom. The Kier molecular flexibility index (Phi) is 3.06. The van der Waals surface area contributed by atoms with Crippen LogP contribution in [0.25, 0.3) is 22.0 Å². The Bertz CT molecular complexity index is 687. The van der Waals surface area contributed by atoms with Gasteiger partial charge in [-0.15, -0.1) is 10.2 Å². The Labute approximate surface area is 111 Å². The molecule has 1 aromatic carbocycles. The van der Waals surface area contributed by atoms with Crippen molar-refractivity contribution in [2.75, 3.05) is 11.9 Å². The zero-order valence-electron chi connectivity index (χ0n) is 10.7. The minimum Gasteiger partial charge on any atom is -0.369 e. The molecule has 2 heterocycles. The maximum absolute atomic E-state index is 4.28. The minimum atomic E-state index is 0.796. The van der Waals surface area contributed by atoms with Crippen molar-refractivity contribution < 1.29 is 0 Å². The number of pyridine rings is 1. The molecule has 4 nitrogen and oxygen atoms in total. The number of aromatic nitrogens is 3. The van der Waals surface area contributed by atoms with Gasteiger partial charge in [-0.05, 0) is 30.5 Å². The van der Waals surface area contributed by atoms with E-state index in [1.807, 2.05) is 43.5 Å². The van der Waals surface area contributed by atoms with Gasteiger partial charge in [-0.25, -0.2) is 0 Å². The molecule has 4 heteroatoms. The van der Waals surface area contributed by atoms with Gasteiger partial charge in [0.1, 0.15) is 5.82 Å². The van der Waals surface area contributed by atoms with Crippen molar-refractivity contribution in [3.05, 3.63) is 48.8 Å². The highest BCUT2D eigenvalue weighted by Gasteiger charge is 2.05. The second kappa shape index (κ2) is 5.02. The molecule has 1 N–H and O–H groups in total. The first kappa shape index (κ1) is 11.6. The summed E-state index contributed by atoms with van der Waals surface area (Å²) in [5.41, 5.74) is 1.92. The lowest BCUT2D eigenvalue weighted by Gasteiger charge is -2.06. The van der Waals surface area contributed by atoms with Crippen LogP contribution < -0.4 is 5.32 Å². The predicted octanol–water partition coefficient (Wildman–Crippen LogP) is 3.12. The fourth-order valence-corrected chi connectivity index (χ4v) is 2.09. The summed E-state index contributed by atoms with van der Waals surface area (Å²) in [4.78, 5) is 4.19. The first-order valence-corrected chi connectivity index (χ1v) is 6.29.